The van der Waals surface area contributed by atoms with Gasteiger partial charge in [0, 0.05) is 12.6 Å². The Kier molecular flexibility index (Phi) is 4.86. The molecule has 17 heavy (non-hydrogen) atoms. The van der Waals surface area contributed by atoms with E-state index in [-0.39, 0.29) is 18.7 Å². The van der Waals surface area contributed by atoms with Gasteiger partial charge >= 0.3 is 5.97 Å². The predicted octanol–water partition coefficient (Wildman–Crippen LogP) is 0.866. The maximum absolute atomic E-state index is 11.5. The lowest BCUT2D eigenvalue weighted by atomic mass is 10.1. The van der Waals surface area contributed by atoms with Crippen LogP contribution in [0.25, 0.3) is 0 Å². The number of nitrogens with one attached hydrogen (secondary N) is 1. The number of carboxylic acids is 1. The number of amides is 1. The first kappa shape index (κ1) is 13.4. The Morgan fingerprint density at radius 1 is 1.59 bits per heavy atom. The molecule has 92 valence electrons. The molecule has 6 nitrogen and oxygen atoms in total. The summed E-state index contributed by atoms with van der Waals surface area (Å²) in [6, 6.07) is 2.30. The fourth-order valence-electron chi connectivity index (χ4n) is 1.10. The van der Waals surface area contributed by atoms with E-state index < -0.39 is 17.9 Å². The Morgan fingerprint density at radius 2 is 2.29 bits per heavy atom. The quantitative estimate of drug-likeness (QED) is 0.726. The molecule has 0 saturated carbocycles. The molecular formula is C10H12ClN3O3. The van der Waals surface area contributed by atoms with Gasteiger partial charge in [0.1, 0.15) is 0 Å². The highest BCUT2D eigenvalue weighted by Crippen LogP contribution is 2.17. The first-order chi connectivity index (χ1) is 8.00. The van der Waals surface area contributed by atoms with Crippen LogP contribution in [-0.4, -0.2) is 28.0 Å². The summed E-state index contributed by atoms with van der Waals surface area (Å²) in [6.45, 7) is 0. The van der Waals surface area contributed by atoms with Crippen molar-refractivity contribution in [3.63, 3.8) is 0 Å². The van der Waals surface area contributed by atoms with Crippen molar-refractivity contribution < 1.29 is 14.7 Å². The molecule has 0 aromatic carbocycles. The number of aromatic nitrogens is 1. The van der Waals surface area contributed by atoms with Crippen molar-refractivity contribution in [1.82, 2.24) is 4.98 Å². The van der Waals surface area contributed by atoms with Crippen molar-refractivity contribution in [3.8, 4) is 0 Å². The van der Waals surface area contributed by atoms with Crippen molar-refractivity contribution in [2.75, 3.05) is 5.32 Å². The minimum absolute atomic E-state index is 0.0611. The highest BCUT2D eigenvalue weighted by Gasteiger charge is 2.16. The van der Waals surface area contributed by atoms with Crippen LogP contribution in [0.1, 0.15) is 12.8 Å². The zero-order valence-corrected chi connectivity index (χ0v) is 9.65. The summed E-state index contributed by atoms with van der Waals surface area (Å²) < 4.78 is 0. The van der Waals surface area contributed by atoms with Crippen LogP contribution in [-0.2, 0) is 9.59 Å². The highest BCUT2D eigenvalue weighted by atomic mass is 35.5. The van der Waals surface area contributed by atoms with Gasteiger partial charge in [0.2, 0.25) is 5.91 Å². The Labute approximate surface area is 103 Å². The zero-order valence-electron chi connectivity index (χ0n) is 8.89. The summed E-state index contributed by atoms with van der Waals surface area (Å²) in [4.78, 5) is 25.7. The van der Waals surface area contributed by atoms with Crippen molar-refractivity contribution in [2.24, 2.45) is 5.73 Å². The van der Waals surface area contributed by atoms with Gasteiger partial charge in [-0.15, -0.1) is 0 Å². The van der Waals surface area contributed by atoms with Gasteiger partial charge in [-0.3, -0.25) is 9.59 Å². The predicted molar refractivity (Wildman–Crippen MR) is 62.7 cm³/mol. The zero-order chi connectivity index (χ0) is 12.8. The maximum Gasteiger partial charge on any atom is 0.303 e. The molecule has 0 saturated heterocycles. The average Bonchev–Trinajstić information content (AvgIpc) is 2.28. The molecule has 1 unspecified atom stereocenters. The first-order valence-electron chi connectivity index (χ1n) is 4.89. The van der Waals surface area contributed by atoms with Gasteiger partial charge in [0.25, 0.3) is 0 Å². The van der Waals surface area contributed by atoms with Crippen LogP contribution in [0.5, 0.6) is 0 Å². The number of aliphatic carboxylic acids is 1. The van der Waals surface area contributed by atoms with Crippen molar-refractivity contribution >= 4 is 29.3 Å². The molecule has 1 aromatic heterocycles. The van der Waals surface area contributed by atoms with Gasteiger partial charge in [-0.1, -0.05) is 11.6 Å². The molecule has 1 amide bonds. The summed E-state index contributed by atoms with van der Waals surface area (Å²) >= 11 is 5.79. The molecule has 0 aliphatic heterocycles. The van der Waals surface area contributed by atoms with E-state index in [1.807, 2.05) is 0 Å². The minimum atomic E-state index is -0.996. The van der Waals surface area contributed by atoms with E-state index in [1.54, 1.807) is 12.1 Å². The lowest BCUT2D eigenvalue weighted by Gasteiger charge is -2.11. The van der Waals surface area contributed by atoms with Gasteiger partial charge in [0.15, 0.2) is 5.82 Å². The van der Waals surface area contributed by atoms with E-state index in [4.69, 9.17) is 22.4 Å². The Morgan fingerprint density at radius 3 is 2.88 bits per heavy atom. The second-order valence-electron chi connectivity index (χ2n) is 3.36. The minimum Gasteiger partial charge on any atom is -0.481 e. The Balaban J connectivity index is 2.54. The summed E-state index contributed by atoms with van der Waals surface area (Å²) in [5, 5.41) is 11.2. The smallest absolute Gasteiger partial charge is 0.303 e. The number of pyridine rings is 1. The van der Waals surface area contributed by atoms with Crippen molar-refractivity contribution in [1.29, 1.82) is 0 Å². The second kappa shape index (κ2) is 6.17. The van der Waals surface area contributed by atoms with E-state index in [2.05, 4.69) is 10.3 Å². The lowest BCUT2D eigenvalue weighted by Crippen LogP contribution is -2.36. The van der Waals surface area contributed by atoms with E-state index in [1.165, 1.54) is 6.20 Å². The first-order valence-corrected chi connectivity index (χ1v) is 5.27. The van der Waals surface area contributed by atoms with Crippen LogP contribution in [0, 0.1) is 0 Å². The lowest BCUT2D eigenvalue weighted by molar-refractivity contribution is -0.137. The van der Waals surface area contributed by atoms with Crippen LogP contribution in [0.15, 0.2) is 18.3 Å². The molecule has 0 aliphatic rings. The van der Waals surface area contributed by atoms with Crippen LogP contribution >= 0.6 is 11.6 Å². The molecule has 0 spiro atoms. The van der Waals surface area contributed by atoms with E-state index in [9.17, 15) is 9.59 Å². The molecule has 0 fully saturated rings. The third-order valence-electron chi connectivity index (χ3n) is 2.01. The fraction of sp³-hybridized carbons (Fsp3) is 0.300. The number of nitrogens with two attached hydrogens (primary N) is 1. The molecule has 0 radical (unpaired) electrons. The fourth-order valence-corrected chi connectivity index (χ4v) is 1.27. The summed E-state index contributed by atoms with van der Waals surface area (Å²) in [6.07, 6.45) is 1.38. The van der Waals surface area contributed by atoms with Gasteiger partial charge in [-0.05, 0) is 18.6 Å². The maximum atomic E-state index is 11.5. The molecular weight excluding hydrogens is 246 g/mol. The van der Waals surface area contributed by atoms with E-state index >= 15 is 0 Å². The van der Waals surface area contributed by atoms with Crippen LogP contribution in [0.2, 0.25) is 5.02 Å². The number of halogens is 1. The summed E-state index contributed by atoms with van der Waals surface area (Å²) in [5.74, 6) is -1.29. The highest BCUT2D eigenvalue weighted by molar-refractivity contribution is 6.33. The standard InChI is InChI=1S/C10H12ClN3O3/c11-6-2-1-5-13-9(6)14-10(17)7(12)3-4-8(15)16/h1-2,5,7H,3-4,12H2,(H,15,16)(H,13,14,17). The third-order valence-corrected chi connectivity index (χ3v) is 2.31. The molecule has 1 aromatic rings. The monoisotopic (exact) mass is 257 g/mol. The Bertz CT molecular complexity index is 425. The molecule has 0 bridgehead atoms. The van der Waals surface area contributed by atoms with Crippen LogP contribution in [0.4, 0.5) is 5.82 Å². The average molecular weight is 258 g/mol. The van der Waals surface area contributed by atoms with Crippen LogP contribution in [0.3, 0.4) is 0 Å². The van der Waals surface area contributed by atoms with Crippen LogP contribution < -0.4 is 11.1 Å². The number of nitrogens with zero attached hydrogens (tertiary/aromatic N) is 1. The summed E-state index contributed by atoms with van der Waals surface area (Å²) in [7, 11) is 0. The molecule has 0 aliphatic carbocycles. The summed E-state index contributed by atoms with van der Waals surface area (Å²) in [5.41, 5.74) is 5.52. The number of carbonyl (C=O) groups is 2. The van der Waals surface area contributed by atoms with Gasteiger partial charge < -0.3 is 16.2 Å². The van der Waals surface area contributed by atoms with Crippen molar-refractivity contribution in [3.05, 3.63) is 23.4 Å². The molecule has 7 heteroatoms. The number of carboxylic acid groups (broad SMARTS) is 1. The topological polar surface area (TPSA) is 105 Å². The van der Waals surface area contributed by atoms with Gasteiger partial charge in [0.05, 0.1) is 11.1 Å². The third kappa shape index (κ3) is 4.38. The Hall–Kier alpha value is -1.66. The second-order valence-corrected chi connectivity index (χ2v) is 3.77. The normalized spacial score (nSPS) is 11.9. The number of anilines is 1. The number of carbonyl (C=O) groups excluding carboxylic acids is 1. The van der Waals surface area contributed by atoms with Crippen molar-refractivity contribution in [2.45, 2.75) is 18.9 Å². The molecule has 1 atom stereocenters. The molecule has 1 rings (SSSR count). The molecule has 4 N–H and O–H groups in total. The molecule has 1 heterocycles. The van der Waals surface area contributed by atoms with E-state index in [0.717, 1.165) is 0 Å². The van der Waals surface area contributed by atoms with Gasteiger partial charge in [-0.2, -0.15) is 0 Å². The number of hydrogen-bond acceptors (Lipinski definition) is 4. The van der Waals surface area contributed by atoms with Gasteiger partial charge in [-0.25, -0.2) is 4.98 Å². The number of rotatable bonds is 5. The largest absolute Gasteiger partial charge is 0.481 e. The SMILES string of the molecule is NC(CCC(=O)O)C(=O)Nc1ncccc1Cl. The number of hydrogen-bond donors (Lipinski definition) is 3. The van der Waals surface area contributed by atoms with E-state index in [0.29, 0.717) is 5.02 Å².